The number of nitrogens with zero attached hydrogens (tertiary/aromatic N) is 4. The number of nitrogens with two attached hydrogens (primary N) is 1. The Balaban J connectivity index is 1.73. The molecule has 1 atom stereocenters. The van der Waals surface area contributed by atoms with E-state index in [1.54, 1.807) is 0 Å². The van der Waals surface area contributed by atoms with Gasteiger partial charge in [-0.2, -0.15) is 13.2 Å². The van der Waals surface area contributed by atoms with E-state index in [0.717, 1.165) is 6.20 Å². The minimum atomic E-state index is -4.83. The zero-order chi connectivity index (χ0) is 21.9. The van der Waals surface area contributed by atoms with E-state index in [1.165, 1.54) is 0 Å². The summed E-state index contributed by atoms with van der Waals surface area (Å²) < 4.78 is 92.8. The zero-order valence-corrected chi connectivity index (χ0v) is 15.1. The fourth-order valence-corrected chi connectivity index (χ4v) is 3.71. The van der Waals surface area contributed by atoms with Crippen molar-refractivity contribution in [3.63, 3.8) is 0 Å². The van der Waals surface area contributed by atoms with Crippen molar-refractivity contribution in [2.45, 2.75) is 55.4 Å². The van der Waals surface area contributed by atoms with Crippen LogP contribution in [0.4, 0.5) is 30.7 Å². The van der Waals surface area contributed by atoms with Crippen LogP contribution in [0.3, 0.4) is 0 Å². The fourth-order valence-electron chi connectivity index (χ4n) is 3.71. The first-order valence-corrected chi connectivity index (χ1v) is 8.92. The summed E-state index contributed by atoms with van der Waals surface area (Å²) in [5.41, 5.74) is 2.12. The summed E-state index contributed by atoms with van der Waals surface area (Å²) >= 11 is 0. The first kappa shape index (κ1) is 20.6. The number of aliphatic imine (C=N–C) groups is 2. The molecule has 1 aromatic rings. The normalized spacial score (nSPS) is 30.0. The Labute approximate surface area is 165 Å². The van der Waals surface area contributed by atoms with Gasteiger partial charge < -0.3 is 11.1 Å². The van der Waals surface area contributed by atoms with E-state index >= 15 is 0 Å². The molecule has 4 rings (SSSR count). The minimum absolute atomic E-state index is 0.155. The molecule has 2 heterocycles. The topological polar surface area (TPSA) is 101 Å². The smallest absolute Gasteiger partial charge is 0.370 e. The molecule has 0 radical (unpaired) electrons. The number of hydrogen-bond acceptors (Lipinski definition) is 5. The molecule has 0 aromatic carbocycles. The lowest BCUT2D eigenvalue weighted by molar-refractivity contribution is -0.143. The Bertz CT molecular complexity index is 897. The molecule has 0 spiro atoms. The van der Waals surface area contributed by atoms with E-state index in [4.69, 9.17) is 5.73 Å². The summed E-state index contributed by atoms with van der Waals surface area (Å²) in [5.74, 6) is -7.36. The van der Waals surface area contributed by atoms with Gasteiger partial charge >= 0.3 is 6.18 Å². The molecule has 1 unspecified atom stereocenters. The molecule has 1 aliphatic heterocycles. The third-order valence-electron chi connectivity index (χ3n) is 5.23. The summed E-state index contributed by atoms with van der Waals surface area (Å²) in [6, 6.07) is -0.769. The molecular formula is C16H16F7N7. The van der Waals surface area contributed by atoms with Crippen molar-refractivity contribution in [2.75, 3.05) is 0 Å². The van der Waals surface area contributed by atoms with Crippen molar-refractivity contribution in [3.05, 3.63) is 23.8 Å². The lowest BCUT2D eigenvalue weighted by Crippen LogP contribution is -2.65. The Morgan fingerprint density at radius 1 is 1.03 bits per heavy atom. The largest absolute Gasteiger partial charge is 0.434 e. The second-order valence-corrected chi connectivity index (χ2v) is 7.66. The van der Waals surface area contributed by atoms with Crippen LogP contribution in [-0.2, 0) is 11.8 Å². The van der Waals surface area contributed by atoms with E-state index in [-0.39, 0.29) is 17.6 Å². The molecule has 1 aromatic heterocycles. The monoisotopic (exact) mass is 439 g/mol. The van der Waals surface area contributed by atoms with Gasteiger partial charge in [-0.3, -0.25) is 10.3 Å². The first-order chi connectivity index (χ1) is 13.8. The Hall–Kier alpha value is -2.67. The van der Waals surface area contributed by atoms with Gasteiger partial charge in [0.25, 0.3) is 5.92 Å². The third-order valence-corrected chi connectivity index (χ3v) is 5.23. The van der Waals surface area contributed by atoms with Gasteiger partial charge in [0.1, 0.15) is 5.69 Å². The van der Waals surface area contributed by atoms with Crippen molar-refractivity contribution in [3.8, 4) is 0 Å². The van der Waals surface area contributed by atoms with Gasteiger partial charge in [0.05, 0.1) is 18.4 Å². The van der Waals surface area contributed by atoms with Crippen LogP contribution in [0.2, 0.25) is 0 Å². The van der Waals surface area contributed by atoms with Crippen LogP contribution in [0.5, 0.6) is 0 Å². The molecule has 3 aliphatic rings. The van der Waals surface area contributed by atoms with Crippen LogP contribution in [0.15, 0.2) is 22.4 Å². The van der Waals surface area contributed by atoms with Crippen molar-refractivity contribution in [1.29, 1.82) is 0 Å². The molecule has 2 saturated carbocycles. The quantitative estimate of drug-likeness (QED) is 0.628. The number of aromatic nitrogens is 2. The number of rotatable bonds is 3. The van der Waals surface area contributed by atoms with Crippen LogP contribution in [0, 0.1) is 5.92 Å². The number of halogens is 7. The van der Waals surface area contributed by atoms with E-state index in [0.29, 0.717) is 6.20 Å². The number of alkyl halides is 7. The molecule has 30 heavy (non-hydrogen) atoms. The van der Waals surface area contributed by atoms with Crippen LogP contribution in [0.25, 0.3) is 0 Å². The van der Waals surface area contributed by atoms with Gasteiger partial charge in [0.2, 0.25) is 11.9 Å². The highest BCUT2D eigenvalue weighted by molar-refractivity contribution is 6.00. The lowest BCUT2D eigenvalue weighted by atomic mass is 9.71. The first-order valence-electron chi connectivity index (χ1n) is 8.92. The number of hydrogen-bond donors (Lipinski definition) is 3. The Morgan fingerprint density at radius 3 is 2.23 bits per heavy atom. The van der Waals surface area contributed by atoms with Gasteiger partial charge in [-0.15, -0.1) is 0 Å². The van der Waals surface area contributed by atoms with Gasteiger partial charge in [0, 0.05) is 31.6 Å². The summed E-state index contributed by atoms with van der Waals surface area (Å²) in [4.78, 5) is 15.2. The second-order valence-electron chi connectivity index (χ2n) is 7.66. The Morgan fingerprint density at radius 2 is 1.67 bits per heavy atom. The Kier molecular flexibility index (Phi) is 4.40. The van der Waals surface area contributed by atoms with Crippen LogP contribution in [0.1, 0.15) is 37.1 Å². The van der Waals surface area contributed by atoms with Crippen molar-refractivity contribution in [2.24, 2.45) is 21.6 Å². The van der Waals surface area contributed by atoms with Gasteiger partial charge in [0.15, 0.2) is 17.3 Å². The number of guanidine groups is 2. The number of nitrogens with one attached hydrogen (secondary N) is 2. The van der Waals surface area contributed by atoms with Gasteiger partial charge in [-0.1, -0.05) is 0 Å². The third kappa shape index (κ3) is 3.74. The molecule has 14 heteroatoms. The lowest BCUT2D eigenvalue weighted by Gasteiger charge is -2.48. The van der Waals surface area contributed by atoms with Crippen LogP contribution in [-0.4, -0.2) is 39.8 Å². The summed E-state index contributed by atoms with van der Waals surface area (Å²) in [6.45, 7) is 0. The molecule has 2 fully saturated rings. The second kappa shape index (κ2) is 6.41. The highest BCUT2D eigenvalue weighted by Crippen LogP contribution is 2.52. The van der Waals surface area contributed by atoms with Crippen molar-refractivity contribution < 1.29 is 30.7 Å². The molecule has 4 N–H and O–H groups in total. The van der Waals surface area contributed by atoms with Gasteiger partial charge in [-0.05, 0) is 0 Å². The average molecular weight is 439 g/mol. The predicted molar refractivity (Wildman–Crippen MR) is 89.7 cm³/mol. The molecular weight excluding hydrogens is 423 g/mol. The maximum absolute atomic E-state index is 13.6. The predicted octanol–water partition coefficient (Wildman–Crippen LogP) is 2.35. The summed E-state index contributed by atoms with van der Waals surface area (Å²) in [5, 5.41) is 5.18. The highest BCUT2D eigenvalue weighted by Gasteiger charge is 2.58. The minimum Gasteiger partial charge on any atom is -0.370 e. The standard InChI is InChI=1S/C16H16F7N7/c17-13(18)1-7(2-13)15(9-5-25-6-10(27-9)16(21,22)23)29-11(24)28-12(30-15)26-8-3-14(19,20)4-8/h5-8H,1-4H2,(H4,24,26,28,29,30). The maximum atomic E-state index is 13.6. The SMILES string of the molecule is NC1=NC(c2cncc(C(F)(F)F)n2)(C2CC(F)(F)C2)NC(=NC2CC(F)(F)C2)N1. The molecule has 0 bridgehead atoms. The molecule has 0 saturated heterocycles. The zero-order valence-electron chi connectivity index (χ0n) is 15.1. The van der Waals surface area contributed by atoms with Crippen LogP contribution >= 0.6 is 0 Å². The summed E-state index contributed by atoms with van der Waals surface area (Å²) in [6.07, 6.45) is -5.79. The van der Waals surface area contributed by atoms with Crippen LogP contribution < -0.4 is 16.4 Å². The fraction of sp³-hybridized carbons (Fsp3) is 0.625. The molecule has 164 valence electrons. The molecule has 2 aliphatic carbocycles. The maximum Gasteiger partial charge on any atom is 0.434 e. The van der Waals surface area contributed by atoms with Gasteiger partial charge in [-0.25, -0.2) is 32.5 Å². The molecule has 7 nitrogen and oxygen atoms in total. The van der Waals surface area contributed by atoms with Crippen molar-refractivity contribution >= 4 is 11.9 Å². The van der Waals surface area contributed by atoms with E-state index in [2.05, 4.69) is 30.6 Å². The van der Waals surface area contributed by atoms with Crippen molar-refractivity contribution in [1.82, 2.24) is 20.6 Å². The molecule has 0 amide bonds. The van der Waals surface area contributed by atoms with E-state index < -0.39 is 67.0 Å². The summed E-state index contributed by atoms with van der Waals surface area (Å²) in [7, 11) is 0. The van der Waals surface area contributed by atoms with E-state index in [1.807, 2.05) is 0 Å². The highest BCUT2D eigenvalue weighted by atomic mass is 19.4. The van der Waals surface area contributed by atoms with E-state index in [9.17, 15) is 30.7 Å². The average Bonchev–Trinajstić information content (AvgIpc) is 2.57.